The van der Waals surface area contributed by atoms with Crippen LogP contribution in [-0.4, -0.2) is 18.6 Å². The van der Waals surface area contributed by atoms with E-state index in [0.717, 1.165) is 18.5 Å². The van der Waals surface area contributed by atoms with Crippen LogP contribution < -0.4 is 16.0 Å². The average Bonchev–Trinajstić information content (AvgIpc) is 2.54. The molecule has 3 rings (SSSR count). The molecule has 0 fully saturated rings. The van der Waals surface area contributed by atoms with Crippen LogP contribution in [0.1, 0.15) is 12.0 Å². The minimum absolute atomic E-state index is 0.165. The quantitative estimate of drug-likeness (QED) is 0.809. The zero-order valence-corrected chi connectivity index (χ0v) is 11.8. The molecule has 2 aromatic rings. The van der Waals surface area contributed by atoms with E-state index in [-0.39, 0.29) is 12.1 Å². The van der Waals surface area contributed by atoms with Gasteiger partial charge in [-0.25, -0.2) is 4.79 Å². The maximum Gasteiger partial charge on any atom is 0.319 e. The molecule has 1 atom stereocenters. The molecule has 0 spiro atoms. The van der Waals surface area contributed by atoms with Gasteiger partial charge in [0.1, 0.15) is 0 Å². The lowest BCUT2D eigenvalue weighted by atomic mass is 9.98. The summed E-state index contributed by atoms with van der Waals surface area (Å²) in [4.78, 5) is 11.9. The molecule has 0 radical (unpaired) electrons. The molecule has 4 nitrogen and oxygen atoms in total. The smallest absolute Gasteiger partial charge is 0.319 e. The fourth-order valence-corrected chi connectivity index (χ4v) is 2.57. The highest BCUT2D eigenvalue weighted by atomic mass is 16.2. The molecule has 0 bridgehead atoms. The second kappa shape index (κ2) is 6.31. The first-order chi connectivity index (χ1) is 10.3. The van der Waals surface area contributed by atoms with E-state index in [0.29, 0.717) is 6.54 Å². The topological polar surface area (TPSA) is 53.2 Å². The summed E-state index contributed by atoms with van der Waals surface area (Å²) in [5.41, 5.74) is 3.33. The van der Waals surface area contributed by atoms with Crippen LogP contribution in [0, 0.1) is 0 Å². The van der Waals surface area contributed by atoms with Gasteiger partial charge in [0.25, 0.3) is 0 Å². The third-order valence-corrected chi connectivity index (χ3v) is 3.68. The van der Waals surface area contributed by atoms with Crippen molar-refractivity contribution in [1.82, 2.24) is 5.32 Å². The van der Waals surface area contributed by atoms with E-state index in [9.17, 15) is 4.79 Å². The molecule has 21 heavy (non-hydrogen) atoms. The van der Waals surface area contributed by atoms with Gasteiger partial charge >= 0.3 is 6.03 Å². The molecule has 0 aliphatic carbocycles. The second-order valence-corrected chi connectivity index (χ2v) is 5.24. The summed E-state index contributed by atoms with van der Waals surface area (Å²) in [7, 11) is 0. The largest absolute Gasteiger partial charge is 0.380 e. The number of fused-ring (bicyclic) bond motifs is 1. The van der Waals surface area contributed by atoms with Crippen LogP contribution in [-0.2, 0) is 6.42 Å². The van der Waals surface area contributed by atoms with E-state index in [4.69, 9.17) is 0 Å². The zero-order chi connectivity index (χ0) is 14.5. The predicted molar refractivity (Wildman–Crippen MR) is 85.6 cm³/mol. The molecule has 3 N–H and O–H groups in total. The van der Waals surface area contributed by atoms with E-state index in [1.165, 1.54) is 11.3 Å². The lowest BCUT2D eigenvalue weighted by molar-refractivity contribution is 0.251. The summed E-state index contributed by atoms with van der Waals surface area (Å²) < 4.78 is 0. The van der Waals surface area contributed by atoms with Crippen molar-refractivity contribution in [2.75, 3.05) is 17.2 Å². The maximum absolute atomic E-state index is 11.9. The summed E-state index contributed by atoms with van der Waals surface area (Å²) in [5, 5.41) is 9.22. The molecule has 0 saturated heterocycles. The van der Waals surface area contributed by atoms with Gasteiger partial charge in [-0.1, -0.05) is 36.4 Å². The van der Waals surface area contributed by atoms with Crippen molar-refractivity contribution in [3.8, 4) is 0 Å². The zero-order valence-electron chi connectivity index (χ0n) is 11.8. The average molecular weight is 281 g/mol. The van der Waals surface area contributed by atoms with Crippen molar-refractivity contribution in [2.45, 2.75) is 18.9 Å². The lowest BCUT2D eigenvalue weighted by Crippen LogP contribution is -2.40. The highest BCUT2D eigenvalue weighted by Gasteiger charge is 2.17. The van der Waals surface area contributed by atoms with E-state index in [2.05, 4.69) is 34.1 Å². The van der Waals surface area contributed by atoms with Crippen molar-refractivity contribution >= 4 is 17.4 Å². The van der Waals surface area contributed by atoms with Crippen molar-refractivity contribution < 1.29 is 4.79 Å². The number of amides is 2. The Morgan fingerprint density at radius 3 is 2.71 bits per heavy atom. The summed E-state index contributed by atoms with van der Waals surface area (Å²) in [6, 6.07) is 17.9. The van der Waals surface area contributed by atoms with Crippen molar-refractivity contribution in [2.24, 2.45) is 0 Å². The Morgan fingerprint density at radius 1 is 1.10 bits per heavy atom. The van der Waals surface area contributed by atoms with Crippen molar-refractivity contribution in [3.05, 3.63) is 60.2 Å². The van der Waals surface area contributed by atoms with E-state index < -0.39 is 0 Å². The third kappa shape index (κ3) is 3.54. The van der Waals surface area contributed by atoms with Gasteiger partial charge in [-0.05, 0) is 36.6 Å². The number of rotatable bonds is 3. The first-order valence-corrected chi connectivity index (χ1v) is 7.25. The van der Waals surface area contributed by atoms with Gasteiger partial charge in [-0.2, -0.15) is 0 Å². The molecule has 4 heteroatoms. The van der Waals surface area contributed by atoms with Gasteiger partial charge in [0, 0.05) is 24.0 Å². The van der Waals surface area contributed by atoms with Gasteiger partial charge in [0.15, 0.2) is 0 Å². The molecular formula is C17H19N3O. The van der Waals surface area contributed by atoms with Gasteiger partial charge in [-0.3, -0.25) is 0 Å². The lowest BCUT2D eigenvalue weighted by Gasteiger charge is -2.27. The van der Waals surface area contributed by atoms with E-state index >= 15 is 0 Å². The van der Waals surface area contributed by atoms with E-state index in [1.807, 2.05) is 36.4 Å². The van der Waals surface area contributed by atoms with Gasteiger partial charge in [0.2, 0.25) is 0 Å². The predicted octanol–water partition coefficient (Wildman–Crippen LogP) is 3.24. The van der Waals surface area contributed by atoms with Crippen LogP contribution in [0.3, 0.4) is 0 Å². The first-order valence-electron chi connectivity index (χ1n) is 7.25. The molecule has 1 heterocycles. The molecule has 2 aromatic carbocycles. The van der Waals surface area contributed by atoms with Crippen molar-refractivity contribution in [1.29, 1.82) is 0 Å². The Hall–Kier alpha value is -2.49. The standard InChI is InChI=1S/C17H19N3O/c21-17(20-14-7-2-1-3-8-14)18-12-15-11-10-13-6-4-5-9-16(13)19-15/h1-9,15,19H,10-12H2,(H2,18,20,21). The van der Waals surface area contributed by atoms with Gasteiger partial charge in [0.05, 0.1) is 0 Å². The number of benzene rings is 2. The number of hydrogen-bond donors (Lipinski definition) is 3. The second-order valence-electron chi connectivity index (χ2n) is 5.24. The number of carbonyl (C=O) groups is 1. The minimum Gasteiger partial charge on any atom is -0.380 e. The summed E-state index contributed by atoms with van der Waals surface area (Å²) in [6.45, 7) is 0.618. The van der Waals surface area contributed by atoms with Gasteiger partial charge < -0.3 is 16.0 Å². The first kappa shape index (κ1) is 13.5. The number of hydrogen-bond acceptors (Lipinski definition) is 2. The van der Waals surface area contributed by atoms with Crippen molar-refractivity contribution in [3.63, 3.8) is 0 Å². The normalized spacial score (nSPS) is 16.5. The third-order valence-electron chi connectivity index (χ3n) is 3.68. The molecule has 0 saturated carbocycles. The molecule has 1 aliphatic heterocycles. The number of urea groups is 1. The molecule has 0 aromatic heterocycles. The molecular weight excluding hydrogens is 262 g/mol. The number of aryl methyl sites for hydroxylation is 1. The van der Waals surface area contributed by atoms with Crippen LogP contribution in [0.4, 0.5) is 16.2 Å². The Labute approximate surface area is 124 Å². The van der Waals surface area contributed by atoms with Crippen LogP contribution in [0.2, 0.25) is 0 Å². The van der Waals surface area contributed by atoms with Crippen LogP contribution in [0.5, 0.6) is 0 Å². The Morgan fingerprint density at radius 2 is 1.86 bits per heavy atom. The fourth-order valence-electron chi connectivity index (χ4n) is 2.57. The Bertz CT molecular complexity index is 612. The molecule has 1 unspecified atom stereocenters. The number of carbonyl (C=O) groups excluding carboxylic acids is 1. The highest BCUT2D eigenvalue weighted by molar-refractivity contribution is 5.89. The summed E-state index contributed by atoms with van der Waals surface area (Å²) in [6.07, 6.45) is 2.08. The minimum atomic E-state index is -0.165. The monoisotopic (exact) mass is 281 g/mol. The molecule has 2 amide bonds. The van der Waals surface area contributed by atoms with Crippen LogP contribution >= 0.6 is 0 Å². The SMILES string of the molecule is O=C(NCC1CCc2ccccc2N1)Nc1ccccc1. The Kier molecular flexibility index (Phi) is 4.05. The maximum atomic E-state index is 11.9. The fraction of sp³-hybridized carbons (Fsp3) is 0.235. The molecule has 1 aliphatic rings. The van der Waals surface area contributed by atoms with E-state index in [1.54, 1.807) is 0 Å². The summed E-state index contributed by atoms with van der Waals surface area (Å²) >= 11 is 0. The Balaban J connectivity index is 1.49. The van der Waals surface area contributed by atoms with Gasteiger partial charge in [-0.15, -0.1) is 0 Å². The highest BCUT2D eigenvalue weighted by Crippen LogP contribution is 2.23. The number of nitrogens with one attached hydrogen (secondary N) is 3. The number of anilines is 2. The van der Waals surface area contributed by atoms with Crippen LogP contribution in [0.25, 0.3) is 0 Å². The number of para-hydroxylation sites is 2. The summed E-state index contributed by atoms with van der Waals surface area (Å²) in [5.74, 6) is 0. The molecule has 108 valence electrons. The van der Waals surface area contributed by atoms with Crippen LogP contribution in [0.15, 0.2) is 54.6 Å².